The Kier molecular flexibility index (Phi) is 7.33. The highest BCUT2D eigenvalue weighted by Crippen LogP contribution is 2.43. The van der Waals surface area contributed by atoms with Crippen molar-refractivity contribution in [2.24, 2.45) is 0 Å². The molecule has 2 heterocycles. The van der Waals surface area contributed by atoms with Crippen molar-refractivity contribution < 1.29 is 28.8 Å². The molecule has 0 radical (unpaired) electrons. The van der Waals surface area contributed by atoms with E-state index in [1.165, 1.54) is 33.4 Å². The summed E-state index contributed by atoms with van der Waals surface area (Å²) in [7, 11) is 1.70. The number of nitrogens with zero attached hydrogens (tertiary/aromatic N) is 1. The van der Waals surface area contributed by atoms with E-state index < -0.39 is 5.97 Å². The molecule has 194 valence electrons. The van der Waals surface area contributed by atoms with E-state index in [0.29, 0.717) is 31.5 Å². The van der Waals surface area contributed by atoms with Crippen LogP contribution in [0.25, 0.3) is 11.1 Å². The normalized spacial score (nSPS) is 17.7. The highest BCUT2D eigenvalue weighted by atomic mass is 16.5. The number of carboxylic acid groups (broad SMARTS) is 1. The first-order valence-electron chi connectivity index (χ1n) is 12.8. The maximum atomic E-state index is 11.1. The van der Waals surface area contributed by atoms with Crippen molar-refractivity contribution in [1.82, 2.24) is 4.98 Å². The van der Waals surface area contributed by atoms with Gasteiger partial charge in [-0.15, -0.1) is 0 Å². The van der Waals surface area contributed by atoms with E-state index in [2.05, 4.69) is 49.2 Å². The van der Waals surface area contributed by atoms with Gasteiger partial charge in [0.1, 0.15) is 17.6 Å². The Morgan fingerprint density at radius 1 is 1.14 bits per heavy atom. The first kappa shape index (κ1) is 25.1. The molecular weight excluding hydrogens is 470 g/mol. The minimum atomic E-state index is -0.838. The number of hydrogen-bond donors (Lipinski definition) is 1. The smallest absolute Gasteiger partial charge is 0.304 e. The van der Waals surface area contributed by atoms with Gasteiger partial charge in [-0.05, 0) is 72.2 Å². The Balaban J connectivity index is 1.35. The lowest BCUT2D eigenvalue weighted by Crippen LogP contribution is -2.07. The Bertz CT molecular complexity index is 1280. The summed E-state index contributed by atoms with van der Waals surface area (Å²) in [6.45, 7) is 5.96. The quantitative estimate of drug-likeness (QED) is 0.350. The van der Waals surface area contributed by atoms with Gasteiger partial charge in [0.15, 0.2) is 0 Å². The van der Waals surface area contributed by atoms with Crippen LogP contribution in [0.15, 0.2) is 42.6 Å². The number of ether oxygens (including phenoxy) is 4. The summed E-state index contributed by atoms with van der Waals surface area (Å²) >= 11 is 0. The van der Waals surface area contributed by atoms with Gasteiger partial charge in [0, 0.05) is 43.9 Å². The van der Waals surface area contributed by atoms with Crippen molar-refractivity contribution in [3.05, 3.63) is 70.4 Å². The molecular formula is C30H33NO6. The van der Waals surface area contributed by atoms with Gasteiger partial charge in [0.05, 0.1) is 19.6 Å². The molecule has 1 N–H and O–H groups in total. The number of carboxylic acids is 1. The Labute approximate surface area is 217 Å². The van der Waals surface area contributed by atoms with E-state index in [0.717, 1.165) is 30.6 Å². The standard InChI is InChI=1S/C30H33NO6/c1-18-12-21(35-11-5-10-34-3)13-19(2)30(18)24-7-4-6-23-22(24)8-9-26(23)37-28-15-27-25(16-31-28)20(17-36-27)14-29(32)33/h4,6-7,12-13,15-16,20,26H,5,8-11,14,17H2,1-3H3,(H,32,33)/t20?,26-/m0/s1. The summed E-state index contributed by atoms with van der Waals surface area (Å²) in [5.74, 6) is 1.05. The molecule has 2 aromatic carbocycles. The van der Waals surface area contributed by atoms with Crippen LogP contribution in [0, 0.1) is 13.8 Å². The van der Waals surface area contributed by atoms with E-state index in [1.807, 2.05) is 0 Å². The molecule has 0 saturated heterocycles. The molecule has 5 rings (SSSR count). The predicted molar refractivity (Wildman–Crippen MR) is 140 cm³/mol. The zero-order chi connectivity index (χ0) is 25.9. The summed E-state index contributed by atoms with van der Waals surface area (Å²) in [5.41, 5.74) is 8.19. The SMILES string of the molecule is COCCCOc1cc(C)c(-c2cccc3c2CC[C@@H]3Oc2cc3c(cn2)C(CC(=O)O)CO3)c(C)c1. The van der Waals surface area contributed by atoms with E-state index in [-0.39, 0.29) is 18.4 Å². The first-order chi connectivity index (χ1) is 17.9. The van der Waals surface area contributed by atoms with E-state index >= 15 is 0 Å². The molecule has 2 atom stereocenters. The van der Waals surface area contributed by atoms with Crippen molar-refractivity contribution in [2.45, 2.75) is 51.6 Å². The second kappa shape index (κ2) is 10.8. The molecule has 1 aliphatic heterocycles. The molecule has 0 saturated carbocycles. The number of rotatable bonds is 10. The third kappa shape index (κ3) is 5.27. The highest BCUT2D eigenvalue weighted by Gasteiger charge is 2.30. The minimum Gasteiger partial charge on any atom is -0.493 e. The first-order valence-corrected chi connectivity index (χ1v) is 12.8. The topological polar surface area (TPSA) is 87.1 Å². The molecule has 7 heteroatoms. The van der Waals surface area contributed by atoms with Crippen LogP contribution in [-0.2, 0) is 16.0 Å². The fourth-order valence-corrected chi connectivity index (χ4v) is 5.53. The summed E-state index contributed by atoms with van der Waals surface area (Å²) in [4.78, 5) is 15.6. The number of methoxy groups -OCH3 is 1. The monoisotopic (exact) mass is 503 g/mol. The molecule has 1 unspecified atom stereocenters. The third-order valence-electron chi connectivity index (χ3n) is 7.19. The molecule has 3 aromatic rings. The van der Waals surface area contributed by atoms with E-state index in [9.17, 15) is 4.79 Å². The van der Waals surface area contributed by atoms with Gasteiger partial charge in [-0.3, -0.25) is 4.79 Å². The fourth-order valence-electron chi connectivity index (χ4n) is 5.53. The molecule has 0 spiro atoms. The van der Waals surface area contributed by atoms with Gasteiger partial charge in [-0.25, -0.2) is 4.98 Å². The summed E-state index contributed by atoms with van der Waals surface area (Å²) in [6.07, 6.45) is 4.29. The van der Waals surface area contributed by atoms with Crippen molar-refractivity contribution >= 4 is 5.97 Å². The van der Waals surface area contributed by atoms with Crippen LogP contribution in [0.4, 0.5) is 0 Å². The molecule has 1 aliphatic carbocycles. The lowest BCUT2D eigenvalue weighted by Gasteiger charge is -2.18. The van der Waals surface area contributed by atoms with Gasteiger partial charge in [0.25, 0.3) is 0 Å². The van der Waals surface area contributed by atoms with Gasteiger partial charge in [-0.2, -0.15) is 0 Å². The largest absolute Gasteiger partial charge is 0.493 e. The maximum absolute atomic E-state index is 11.1. The summed E-state index contributed by atoms with van der Waals surface area (Å²) in [6, 6.07) is 12.5. The molecule has 0 fully saturated rings. The second-order valence-corrected chi connectivity index (χ2v) is 9.81. The van der Waals surface area contributed by atoms with Crippen LogP contribution in [0.5, 0.6) is 17.4 Å². The Morgan fingerprint density at radius 3 is 2.70 bits per heavy atom. The fraction of sp³-hybridized carbons (Fsp3) is 0.400. The lowest BCUT2D eigenvalue weighted by molar-refractivity contribution is -0.137. The van der Waals surface area contributed by atoms with Crippen molar-refractivity contribution in [3.63, 3.8) is 0 Å². The number of aromatic nitrogens is 1. The Hall–Kier alpha value is -3.58. The van der Waals surface area contributed by atoms with Crippen molar-refractivity contribution in [3.8, 4) is 28.5 Å². The van der Waals surface area contributed by atoms with Crippen molar-refractivity contribution in [1.29, 1.82) is 0 Å². The lowest BCUT2D eigenvalue weighted by atomic mass is 9.90. The van der Waals surface area contributed by atoms with Crippen LogP contribution < -0.4 is 14.2 Å². The molecule has 2 aliphatic rings. The van der Waals surface area contributed by atoms with Crippen LogP contribution >= 0.6 is 0 Å². The molecule has 1 aromatic heterocycles. The number of aryl methyl sites for hydroxylation is 2. The van der Waals surface area contributed by atoms with Gasteiger partial charge in [0.2, 0.25) is 5.88 Å². The third-order valence-corrected chi connectivity index (χ3v) is 7.19. The predicted octanol–water partition coefficient (Wildman–Crippen LogP) is 5.80. The minimum absolute atomic E-state index is 0.0351. The average molecular weight is 504 g/mol. The highest BCUT2D eigenvalue weighted by molar-refractivity contribution is 5.76. The average Bonchev–Trinajstić information content (AvgIpc) is 3.45. The van der Waals surface area contributed by atoms with E-state index in [4.69, 9.17) is 24.1 Å². The second-order valence-electron chi connectivity index (χ2n) is 9.81. The number of pyridine rings is 1. The van der Waals surface area contributed by atoms with Crippen LogP contribution in [0.3, 0.4) is 0 Å². The summed E-state index contributed by atoms with van der Waals surface area (Å²) < 4.78 is 23.1. The van der Waals surface area contributed by atoms with Gasteiger partial charge < -0.3 is 24.1 Å². The maximum Gasteiger partial charge on any atom is 0.304 e. The molecule has 37 heavy (non-hydrogen) atoms. The van der Waals surface area contributed by atoms with E-state index in [1.54, 1.807) is 19.4 Å². The zero-order valence-corrected chi connectivity index (χ0v) is 21.6. The number of carbonyl (C=O) groups is 1. The van der Waals surface area contributed by atoms with Crippen LogP contribution in [-0.4, -0.2) is 43.0 Å². The zero-order valence-electron chi connectivity index (χ0n) is 21.6. The number of fused-ring (bicyclic) bond motifs is 2. The van der Waals surface area contributed by atoms with Crippen LogP contribution in [0.1, 0.15) is 59.1 Å². The molecule has 0 amide bonds. The summed E-state index contributed by atoms with van der Waals surface area (Å²) in [5, 5.41) is 9.13. The number of benzene rings is 2. The van der Waals surface area contributed by atoms with Gasteiger partial charge in [-0.1, -0.05) is 18.2 Å². The Morgan fingerprint density at radius 2 is 1.95 bits per heavy atom. The molecule has 7 nitrogen and oxygen atoms in total. The molecule has 0 bridgehead atoms. The van der Waals surface area contributed by atoms with Crippen molar-refractivity contribution in [2.75, 3.05) is 26.9 Å². The number of aliphatic carboxylic acids is 1. The van der Waals surface area contributed by atoms with Gasteiger partial charge >= 0.3 is 5.97 Å². The van der Waals surface area contributed by atoms with Crippen LogP contribution in [0.2, 0.25) is 0 Å². The number of hydrogen-bond acceptors (Lipinski definition) is 6.